The van der Waals surface area contributed by atoms with Gasteiger partial charge in [-0.2, -0.15) is 0 Å². The number of nitrogens with one attached hydrogen (secondary N) is 2. The van der Waals surface area contributed by atoms with E-state index >= 15 is 0 Å². The molecule has 0 aromatic carbocycles. The Hall–Kier alpha value is -1.30. The van der Waals surface area contributed by atoms with E-state index in [1.54, 1.807) is 0 Å². The summed E-state index contributed by atoms with van der Waals surface area (Å²) < 4.78 is 0. The summed E-state index contributed by atoms with van der Waals surface area (Å²) in [5.74, 6) is -0.998. The number of carboxylic acid groups (broad SMARTS) is 1. The van der Waals surface area contributed by atoms with E-state index in [1.165, 1.54) is 0 Å². The normalized spacial score (nSPS) is 14.2. The lowest BCUT2D eigenvalue weighted by Gasteiger charge is -2.21. The molecule has 0 heterocycles. The van der Waals surface area contributed by atoms with Crippen molar-refractivity contribution in [2.45, 2.75) is 38.8 Å². The van der Waals surface area contributed by atoms with E-state index in [-0.39, 0.29) is 6.04 Å². The highest BCUT2D eigenvalue weighted by Gasteiger charge is 2.18. The number of hydrogen-bond acceptors (Lipinski definition) is 3. The smallest absolute Gasteiger partial charge is 0.326 e. The van der Waals surface area contributed by atoms with Crippen molar-refractivity contribution in [2.24, 2.45) is 0 Å². The van der Waals surface area contributed by atoms with Gasteiger partial charge in [-0.25, -0.2) is 9.59 Å². The van der Waals surface area contributed by atoms with Crippen molar-refractivity contribution < 1.29 is 14.7 Å². The predicted octanol–water partition coefficient (Wildman–Crippen LogP) is 0.489. The molecule has 0 aromatic rings. The minimum atomic E-state index is -0.998. The summed E-state index contributed by atoms with van der Waals surface area (Å²) in [6.45, 7) is 4.34. The summed E-state index contributed by atoms with van der Waals surface area (Å²) >= 11 is 0. The maximum atomic E-state index is 11.5. The Labute approximate surface area is 102 Å². The van der Waals surface area contributed by atoms with Crippen LogP contribution in [0.15, 0.2) is 0 Å². The molecule has 0 spiro atoms. The summed E-state index contributed by atoms with van der Waals surface area (Å²) in [4.78, 5) is 24.2. The van der Waals surface area contributed by atoms with Crippen molar-refractivity contribution >= 4 is 12.0 Å². The largest absolute Gasteiger partial charge is 0.480 e. The second-order valence-corrected chi connectivity index (χ2v) is 4.35. The van der Waals surface area contributed by atoms with Gasteiger partial charge in [0.05, 0.1) is 0 Å². The monoisotopic (exact) mass is 245 g/mol. The molecule has 0 aliphatic heterocycles. The average molecular weight is 245 g/mol. The molecule has 0 aliphatic rings. The fraction of sp³-hybridized carbons (Fsp3) is 0.818. The third kappa shape index (κ3) is 6.78. The zero-order valence-corrected chi connectivity index (χ0v) is 11.0. The molecule has 2 atom stereocenters. The zero-order valence-electron chi connectivity index (χ0n) is 11.0. The topological polar surface area (TPSA) is 81.7 Å². The Balaban J connectivity index is 4.02. The Morgan fingerprint density at radius 1 is 1.35 bits per heavy atom. The summed E-state index contributed by atoms with van der Waals surface area (Å²) in [6.07, 6.45) is 1.15. The molecule has 100 valence electrons. The highest BCUT2D eigenvalue weighted by atomic mass is 16.4. The number of aliphatic carboxylic acids is 1. The van der Waals surface area contributed by atoms with Gasteiger partial charge >= 0.3 is 12.0 Å². The summed E-state index contributed by atoms with van der Waals surface area (Å²) in [5.41, 5.74) is 0. The summed E-state index contributed by atoms with van der Waals surface area (Å²) in [7, 11) is 3.84. The van der Waals surface area contributed by atoms with E-state index in [0.717, 1.165) is 0 Å². The molecule has 3 N–H and O–H groups in total. The molecular weight excluding hydrogens is 222 g/mol. The molecule has 2 amide bonds. The number of nitrogens with zero attached hydrogens (tertiary/aromatic N) is 1. The second kappa shape index (κ2) is 7.89. The SMILES string of the molecule is CCC[C@H](NC(=O)NCC(C)N(C)C)C(=O)O. The van der Waals surface area contributed by atoms with Gasteiger partial charge in [0, 0.05) is 12.6 Å². The number of amides is 2. The van der Waals surface area contributed by atoms with E-state index in [2.05, 4.69) is 10.6 Å². The van der Waals surface area contributed by atoms with Gasteiger partial charge in [0.25, 0.3) is 0 Å². The van der Waals surface area contributed by atoms with Crippen molar-refractivity contribution in [2.75, 3.05) is 20.6 Å². The van der Waals surface area contributed by atoms with Crippen LogP contribution >= 0.6 is 0 Å². The van der Waals surface area contributed by atoms with Crippen LogP contribution in [0.4, 0.5) is 4.79 Å². The molecule has 0 bridgehead atoms. The summed E-state index contributed by atoms with van der Waals surface area (Å²) in [5, 5.41) is 14.0. The lowest BCUT2D eigenvalue weighted by Crippen LogP contribution is -2.48. The quantitative estimate of drug-likeness (QED) is 0.609. The van der Waals surface area contributed by atoms with Crippen LogP contribution in [-0.4, -0.2) is 54.7 Å². The molecule has 0 saturated heterocycles. The van der Waals surface area contributed by atoms with Gasteiger partial charge in [0.15, 0.2) is 0 Å². The van der Waals surface area contributed by atoms with E-state index in [0.29, 0.717) is 19.4 Å². The fourth-order valence-corrected chi connectivity index (χ4v) is 1.18. The molecule has 17 heavy (non-hydrogen) atoms. The van der Waals surface area contributed by atoms with Gasteiger partial charge in [-0.3, -0.25) is 0 Å². The number of likely N-dealkylation sites (N-methyl/N-ethyl adjacent to an activating group) is 1. The minimum absolute atomic E-state index is 0.204. The number of carbonyl (C=O) groups excluding carboxylic acids is 1. The molecule has 0 radical (unpaired) electrons. The zero-order chi connectivity index (χ0) is 13.4. The fourth-order valence-electron chi connectivity index (χ4n) is 1.18. The molecule has 0 aromatic heterocycles. The minimum Gasteiger partial charge on any atom is -0.480 e. The Morgan fingerprint density at radius 2 is 1.94 bits per heavy atom. The maximum absolute atomic E-state index is 11.5. The van der Waals surface area contributed by atoms with E-state index in [4.69, 9.17) is 5.11 Å². The number of hydrogen-bond donors (Lipinski definition) is 3. The first kappa shape index (κ1) is 15.7. The van der Waals surface area contributed by atoms with Crippen molar-refractivity contribution in [3.63, 3.8) is 0 Å². The van der Waals surface area contributed by atoms with Crippen LogP contribution in [0.25, 0.3) is 0 Å². The van der Waals surface area contributed by atoms with Crippen LogP contribution in [0.1, 0.15) is 26.7 Å². The Bertz CT molecular complexity index is 256. The second-order valence-electron chi connectivity index (χ2n) is 4.35. The molecule has 0 rings (SSSR count). The van der Waals surface area contributed by atoms with Gasteiger partial charge in [0.1, 0.15) is 6.04 Å². The van der Waals surface area contributed by atoms with Gasteiger partial charge in [-0.05, 0) is 27.4 Å². The molecule has 6 nitrogen and oxygen atoms in total. The molecular formula is C11H23N3O3. The standard InChI is InChI=1S/C11H23N3O3/c1-5-6-9(10(15)16)13-11(17)12-7-8(2)14(3)4/h8-9H,5-7H2,1-4H3,(H,15,16)(H2,12,13,17)/t8?,9-/m0/s1. The predicted molar refractivity (Wildman–Crippen MR) is 66.0 cm³/mol. The first-order chi connectivity index (χ1) is 7.88. The highest BCUT2D eigenvalue weighted by Crippen LogP contribution is 1.96. The Morgan fingerprint density at radius 3 is 2.35 bits per heavy atom. The lowest BCUT2D eigenvalue weighted by molar-refractivity contribution is -0.139. The summed E-state index contributed by atoms with van der Waals surface area (Å²) in [6, 6.07) is -1.04. The van der Waals surface area contributed by atoms with E-state index < -0.39 is 18.0 Å². The molecule has 1 unspecified atom stereocenters. The van der Waals surface area contributed by atoms with Gasteiger partial charge in [0.2, 0.25) is 0 Å². The third-order valence-corrected chi connectivity index (χ3v) is 2.62. The van der Waals surface area contributed by atoms with Crippen molar-refractivity contribution in [3.8, 4) is 0 Å². The third-order valence-electron chi connectivity index (χ3n) is 2.62. The van der Waals surface area contributed by atoms with Crippen LogP contribution in [0.5, 0.6) is 0 Å². The van der Waals surface area contributed by atoms with Gasteiger partial charge < -0.3 is 20.6 Å². The van der Waals surface area contributed by atoms with E-state index in [9.17, 15) is 9.59 Å². The van der Waals surface area contributed by atoms with Gasteiger partial charge in [-0.1, -0.05) is 13.3 Å². The lowest BCUT2D eigenvalue weighted by atomic mass is 10.2. The molecule has 0 fully saturated rings. The van der Waals surface area contributed by atoms with Crippen LogP contribution in [0.3, 0.4) is 0 Å². The maximum Gasteiger partial charge on any atom is 0.326 e. The van der Waals surface area contributed by atoms with E-state index in [1.807, 2.05) is 32.8 Å². The van der Waals surface area contributed by atoms with Crippen molar-refractivity contribution in [1.29, 1.82) is 0 Å². The van der Waals surface area contributed by atoms with Crippen molar-refractivity contribution in [3.05, 3.63) is 0 Å². The van der Waals surface area contributed by atoms with Crippen LogP contribution in [0, 0.1) is 0 Å². The molecule has 0 saturated carbocycles. The first-order valence-electron chi connectivity index (χ1n) is 5.82. The molecule has 6 heteroatoms. The highest BCUT2D eigenvalue weighted by molar-refractivity contribution is 5.82. The van der Waals surface area contributed by atoms with Crippen molar-refractivity contribution in [1.82, 2.24) is 15.5 Å². The van der Waals surface area contributed by atoms with Crippen LogP contribution < -0.4 is 10.6 Å². The number of rotatable bonds is 7. The number of urea groups is 1. The van der Waals surface area contributed by atoms with Crippen LogP contribution in [-0.2, 0) is 4.79 Å². The number of carbonyl (C=O) groups is 2. The molecule has 0 aliphatic carbocycles. The first-order valence-corrected chi connectivity index (χ1v) is 5.82. The number of carboxylic acids is 1. The Kier molecular flexibility index (Phi) is 7.29. The van der Waals surface area contributed by atoms with Crippen LogP contribution in [0.2, 0.25) is 0 Å². The average Bonchev–Trinajstić information content (AvgIpc) is 2.24. The van der Waals surface area contributed by atoms with Gasteiger partial charge in [-0.15, -0.1) is 0 Å².